The number of carbonyl (C=O) groups is 3. The van der Waals surface area contributed by atoms with Gasteiger partial charge in [-0.05, 0) is 87.9 Å². The van der Waals surface area contributed by atoms with Crippen molar-refractivity contribution in [2.75, 3.05) is 23.8 Å². The van der Waals surface area contributed by atoms with Crippen LogP contribution in [0.15, 0.2) is 48.5 Å². The van der Waals surface area contributed by atoms with Gasteiger partial charge in [0.25, 0.3) is 11.8 Å². The monoisotopic (exact) mass is 890 g/mol. The number of sulfonamides is 1. The molecule has 1 aromatic heterocycles. The summed E-state index contributed by atoms with van der Waals surface area (Å²) >= 11 is 8.02. The third-order valence-electron chi connectivity index (χ3n) is 9.00. The lowest BCUT2D eigenvalue weighted by atomic mass is 9.91. The number of nitrogens with zero attached hydrogens (tertiary/aromatic N) is 3. The van der Waals surface area contributed by atoms with Gasteiger partial charge < -0.3 is 26.0 Å². The summed E-state index contributed by atoms with van der Waals surface area (Å²) in [7, 11) is -3.80. The number of hydrogen-bond donors (Lipinski definition) is 5. The van der Waals surface area contributed by atoms with Crippen molar-refractivity contribution in [1.29, 1.82) is 0 Å². The number of amides is 3. The molecule has 14 nitrogen and oxygen atoms in total. The Balaban J connectivity index is 1.08. The lowest BCUT2D eigenvalue weighted by molar-refractivity contribution is -0.154. The zero-order valence-electron chi connectivity index (χ0n) is 28.3. The fraction of sp³-hybridized carbons (Fsp3) is 0.455. The number of rotatable bonds is 15. The first-order valence-electron chi connectivity index (χ1n) is 16.5. The molecule has 0 saturated heterocycles. The molecule has 2 aromatic carbocycles. The molecular weight excluding hydrogens is 856 g/mol. The number of halogens is 5. The van der Waals surface area contributed by atoms with E-state index >= 15 is 0 Å². The molecule has 3 aromatic rings. The van der Waals surface area contributed by atoms with Crippen molar-refractivity contribution in [2.24, 2.45) is 5.41 Å². The van der Waals surface area contributed by atoms with Crippen LogP contribution in [0.25, 0.3) is 0 Å². The third-order valence-corrected chi connectivity index (χ3v) is 12.6. The molecule has 3 amide bonds. The molecule has 5 N–H and O–H groups in total. The molecule has 284 valence electrons. The first kappa shape index (κ1) is 38.7. The van der Waals surface area contributed by atoms with Gasteiger partial charge >= 0.3 is 12.2 Å². The van der Waals surface area contributed by atoms with Crippen molar-refractivity contribution < 1.29 is 40.7 Å². The Hall–Kier alpha value is -3.98. The third kappa shape index (κ3) is 9.40. The molecule has 1 heterocycles. The lowest BCUT2D eigenvalue weighted by Crippen LogP contribution is -2.56. The zero-order chi connectivity index (χ0) is 38.4. The van der Waals surface area contributed by atoms with E-state index in [9.17, 15) is 36.0 Å². The van der Waals surface area contributed by atoms with E-state index in [1.807, 2.05) is 34.7 Å². The molecule has 6 rings (SSSR count). The second-order valence-corrected chi connectivity index (χ2v) is 17.8. The van der Waals surface area contributed by atoms with Crippen LogP contribution >= 0.6 is 34.2 Å². The van der Waals surface area contributed by atoms with E-state index < -0.39 is 68.3 Å². The second-order valence-electron chi connectivity index (χ2n) is 13.9. The van der Waals surface area contributed by atoms with Gasteiger partial charge in [0.1, 0.15) is 5.54 Å². The number of nitrogens with one attached hydrogen (secondary N) is 5. The molecule has 3 aliphatic carbocycles. The van der Waals surface area contributed by atoms with Crippen molar-refractivity contribution in [1.82, 2.24) is 30.3 Å². The molecule has 3 aliphatic rings. The Morgan fingerprint density at radius 1 is 0.981 bits per heavy atom. The maximum Gasteiger partial charge on any atom is 0.422 e. The van der Waals surface area contributed by atoms with E-state index in [2.05, 4.69) is 40.9 Å². The topological polar surface area (TPSA) is 193 Å². The minimum Gasteiger partial charge on any atom is -0.454 e. The van der Waals surface area contributed by atoms with Crippen molar-refractivity contribution in [3.63, 3.8) is 0 Å². The fourth-order valence-electron chi connectivity index (χ4n) is 5.29. The molecule has 0 aliphatic heterocycles. The summed E-state index contributed by atoms with van der Waals surface area (Å²) in [6, 6.07) is 12.6. The summed E-state index contributed by atoms with van der Waals surface area (Å²) in [4.78, 5) is 51.6. The van der Waals surface area contributed by atoms with Crippen LogP contribution in [-0.2, 0) is 25.2 Å². The second kappa shape index (κ2) is 14.3. The SMILES string of the molecule is CC(C)(CNC(=O)c1ccc(Nc2nc(NC3(c4ccc(Cl)cc4)CC3)nc(OCC(F)(F)F)n2)cc1)C(=O)N[C@]1(C(=O)NS(=O)(=O)C2CC2)C[C@H]1I. The van der Waals surface area contributed by atoms with Crippen LogP contribution in [-0.4, -0.2) is 75.1 Å². The van der Waals surface area contributed by atoms with Crippen molar-refractivity contribution in [3.8, 4) is 6.01 Å². The standard InChI is InChI=1S/C33H35ClF3IN8O6S/c1-30(2,25(48)44-32(15-23(32)38)26(49)46-53(50,51)22-11-12-22)16-39-24(47)18-3-9-21(10-4-18)40-27-41-28(43-29(42-27)52-17-33(35,36)37)45-31(13-14-31)19-5-7-20(34)8-6-19/h3-10,22-23H,11-17H2,1-2H3,(H,39,47)(H,44,48)(H,46,49)(H2,40,41,42,43,45)/t23-,32-/m1/s1. The molecule has 0 unspecified atom stereocenters. The zero-order valence-corrected chi connectivity index (χ0v) is 32.0. The van der Waals surface area contributed by atoms with Gasteiger partial charge in [-0.15, -0.1) is 0 Å². The number of hydrogen-bond acceptors (Lipinski definition) is 11. The Labute approximate surface area is 321 Å². The molecular formula is C33H35ClF3IN8O6S. The molecule has 2 atom stereocenters. The summed E-state index contributed by atoms with van der Waals surface area (Å²) in [5.74, 6) is -1.95. The summed E-state index contributed by atoms with van der Waals surface area (Å²) < 4.78 is 70.1. The van der Waals surface area contributed by atoms with Crippen molar-refractivity contribution in [2.45, 2.75) is 72.4 Å². The number of alkyl halides is 4. The smallest absolute Gasteiger partial charge is 0.422 e. The first-order chi connectivity index (χ1) is 24.8. The Kier molecular flexibility index (Phi) is 10.5. The van der Waals surface area contributed by atoms with Crippen LogP contribution < -0.4 is 30.7 Å². The van der Waals surface area contributed by atoms with Gasteiger partial charge in [0.05, 0.1) is 16.2 Å². The quantitative estimate of drug-likeness (QED) is 0.105. The largest absolute Gasteiger partial charge is 0.454 e. The van der Waals surface area contributed by atoms with E-state index in [1.165, 1.54) is 24.3 Å². The van der Waals surface area contributed by atoms with E-state index in [0.717, 1.165) is 18.4 Å². The number of ether oxygens (including phenoxy) is 1. The molecule has 0 spiro atoms. The molecule has 3 saturated carbocycles. The van der Waals surface area contributed by atoms with Gasteiger partial charge in [0.15, 0.2) is 6.61 Å². The highest BCUT2D eigenvalue weighted by molar-refractivity contribution is 14.1. The maximum absolute atomic E-state index is 13.3. The van der Waals surface area contributed by atoms with E-state index in [0.29, 0.717) is 23.6 Å². The predicted molar refractivity (Wildman–Crippen MR) is 197 cm³/mol. The number of anilines is 3. The van der Waals surface area contributed by atoms with Gasteiger partial charge in [-0.3, -0.25) is 19.1 Å². The molecule has 0 bridgehead atoms. The highest BCUT2D eigenvalue weighted by atomic mass is 127. The summed E-state index contributed by atoms with van der Waals surface area (Å²) in [6.07, 6.45) is -1.96. The normalized spacial score (nSPS) is 20.5. The number of carbonyl (C=O) groups excluding carboxylic acids is 3. The van der Waals surface area contributed by atoms with Crippen LogP contribution in [0.1, 0.15) is 61.9 Å². The minimum atomic E-state index is -4.63. The van der Waals surface area contributed by atoms with Crippen LogP contribution in [0.3, 0.4) is 0 Å². The first-order valence-corrected chi connectivity index (χ1v) is 19.6. The number of benzene rings is 2. The van der Waals surface area contributed by atoms with Gasteiger partial charge in [-0.2, -0.15) is 28.1 Å². The maximum atomic E-state index is 13.3. The average molecular weight is 891 g/mol. The van der Waals surface area contributed by atoms with Crippen LogP contribution in [0.4, 0.5) is 30.8 Å². The Bertz CT molecular complexity index is 2020. The van der Waals surface area contributed by atoms with Crippen LogP contribution in [0.2, 0.25) is 5.02 Å². The fourth-order valence-corrected chi connectivity index (χ4v) is 7.91. The van der Waals surface area contributed by atoms with Gasteiger partial charge in [-0.1, -0.05) is 46.3 Å². The van der Waals surface area contributed by atoms with E-state index in [1.54, 1.807) is 26.0 Å². The summed E-state index contributed by atoms with van der Waals surface area (Å²) in [5, 5.41) is 11.5. The van der Waals surface area contributed by atoms with Gasteiger partial charge in [0, 0.05) is 26.7 Å². The van der Waals surface area contributed by atoms with Crippen LogP contribution in [0, 0.1) is 5.41 Å². The van der Waals surface area contributed by atoms with Gasteiger partial charge in [0.2, 0.25) is 27.8 Å². The molecule has 0 radical (unpaired) electrons. The Morgan fingerprint density at radius 3 is 2.17 bits per heavy atom. The highest BCUT2D eigenvalue weighted by Gasteiger charge is 2.62. The van der Waals surface area contributed by atoms with Crippen LogP contribution in [0.5, 0.6) is 6.01 Å². The highest BCUT2D eigenvalue weighted by Crippen LogP contribution is 2.48. The molecule has 3 fully saturated rings. The minimum absolute atomic E-state index is 0.0136. The van der Waals surface area contributed by atoms with Crippen molar-refractivity contribution in [3.05, 3.63) is 64.7 Å². The van der Waals surface area contributed by atoms with Gasteiger partial charge in [-0.25, -0.2) is 8.42 Å². The predicted octanol–water partition coefficient (Wildman–Crippen LogP) is 4.74. The molecule has 53 heavy (non-hydrogen) atoms. The Morgan fingerprint density at radius 2 is 1.60 bits per heavy atom. The summed E-state index contributed by atoms with van der Waals surface area (Å²) in [5.41, 5.74) is -1.56. The van der Waals surface area contributed by atoms with E-state index in [-0.39, 0.29) is 34.4 Å². The number of aromatic nitrogens is 3. The summed E-state index contributed by atoms with van der Waals surface area (Å²) in [6.45, 7) is 1.44. The van der Waals surface area contributed by atoms with E-state index in [4.69, 9.17) is 16.3 Å². The molecule has 20 heteroatoms. The average Bonchev–Trinajstić information content (AvgIpc) is 3.98. The lowest BCUT2D eigenvalue weighted by Gasteiger charge is -2.27. The van der Waals surface area contributed by atoms with Crippen molar-refractivity contribution >= 4 is 79.5 Å².